The second-order valence-corrected chi connectivity index (χ2v) is 5.31. The van der Waals surface area contributed by atoms with Crippen LogP contribution in [-0.4, -0.2) is 0 Å². The number of hydrogen-bond acceptors (Lipinski definition) is 3. The van der Waals surface area contributed by atoms with Crippen LogP contribution in [0.15, 0.2) is 0 Å². The van der Waals surface area contributed by atoms with Gasteiger partial charge in [-0.05, 0) is 0 Å². The zero-order valence-corrected chi connectivity index (χ0v) is 15.1. The van der Waals surface area contributed by atoms with Crippen molar-refractivity contribution in [3.63, 3.8) is 0 Å². The first-order chi connectivity index (χ1) is 9.19. The van der Waals surface area contributed by atoms with Crippen molar-refractivity contribution in [3.05, 3.63) is 0 Å². The molecule has 0 aromatic heterocycles. The number of nitriles is 3. The van der Waals surface area contributed by atoms with Crippen LogP contribution < -0.4 is 0 Å². The summed E-state index contributed by atoms with van der Waals surface area (Å²) >= 11 is 0. The minimum atomic E-state index is -10.7. The summed E-state index contributed by atoms with van der Waals surface area (Å²) in [5.74, 6) is 0. The SMILES string of the molecule is C1CCCC1.CC#N.CC#N.CC#N.F[P-](F)(F)(F)(F)F.[Ru+]. The molecule has 22 heavy (non-hydrogen) atoms. The molecule has 0 heterocycles. The van der Waals surface area contributed by atoms with Crippen molar-refractivity contribution < 1.29 is 44.7 Å². The normalized spacial score (nSPS) is 13.9. The zero-order valence-electron chi connectivity index (χ0n) is 12.4. The Morgan fingerprint density at radius 2 is 0.636 bits per heavy atom. The fourth-order valence-corrected chi connectivity index (χ4v) is 0.884. The molecule has 0 saturated heterocycles. The average molecular weight is 439 g/mol. The summed E-state index contributed by atoms with van der Waals surface area (Å²) in [7, 11) is -10.7. The van der Waals surface area contributed by atoms with Crippen LogP contribution >= 0.6 is 7.81 Å². The minimum absolute atomic E-state index is 0. The number of halogens is 6. The Bertz CT molecular complexity index is 311. The molecule has 1 saturated carbocycles. The fourth-order valence-electron chi connectivity index (χ4n) is 0.884. The van der Waals surface area contributed by atoms with Crippen LogP contribution in [0.3, 0.4) is 0 Å². The van der Waals surface area contributed by atoms with Gasteiger partial charge in [-0.2, -0.15) is 15.8 Å². The van der Waals surface area contributed by atoms with E-state index in [1.807, 2.05) is 0 Å². The van der Waals surface area contributed by atoms with E-state index in [1.165, 1.54) is 52.9 Å². The van der Waals surface area contributed by atoms with E-state index in [0.29, 0.717) is 0 Å². The largest absolute Gasteiger partial charge is 1.00 e. The molecule has 1 radical (unpaired) electrons. The van der Waals surface area contributed by atoms with Crippen LogP contribution in [-0.2, 0) is 19.5 Å². The van der Waals surface area contributed by atoms with E-state index in [4.69, 9.17) is 15.8 Å². The number of nitrogens with zero attached hydrogens (tertiary/aromatic N) is 3. The van der Waals surface area contributed by atoms with Gasteiger partial charge in [0.05, 0.1) is 18.2 Å². The summed E-state index contributed by atoms with van der Waals surface area (Å²) in [4.78, 5) is 0. The Hall–Kier alpha value is -0.897. The van der Waals surface area contributed by atoms with Crippen LogP contribution in [0.1, 0.15) is 52.9 Å². The quantitative estimate of drug-likeness (QED) is 0.234. The van der Waals surface area contributed by atoms with Gasteiger partial charge in [-0.25, -0.2) is 0 Å². The van der Waals surface area contributed by atoms with E-state index in [1.54, 1.807) is 18.2 Å². The van der Waals surface area contributed by atoms with Crippen LogP contribution in [0, 0.1) is 34.0 Å². The molecular formula is C11H19F6N3PRu. The third-order valence-corrected chi connectivity index (χ3v) is 1.25. The van der Waals surface area contributed by atoms with E-state index < -0.39 is 7.81 Å². The maximum absolute atomic E-state index is 10.7. The van der Waals surface area contributed by atoms with Gasteiger partial charge in [-0.1, -0.05) is 32.1 Å². The number of rotatable bonds is 0. The smallest absolute Gasteiger partial charge is 1.00 e. The molecule has 1 fully saturated rings. The van der Waals surface area contributed by atoms with Crippen molar-refractivity contribution in [2.75, 3.05) is 0 Å². The van der Waals surface area contributed by atoms with Crippen molar-refractivity contribution in [2.24, 2.45) is 0 Å². The molecule has 0 amide bonds. The second kappa shape index (κ2) is 15.0. The molecule has 0 atom stereocenters. The Kier molecular flexibility index (Phi) is 22.4. The number of hydrogen-bond donors (Lipinski definition) is 0. The minimum Gasteiger partial charge on any atom is 1.00 e. The molecule has 0 aromatic rings. The molecule has 3 nitrogen and oxygen atoms in total. The predicted molar refractivity (Wildman–Crippen MR) is 70.5 cm³/mol. The van der Waals surface area contributed by atoms with E-state index >= 15 is 0 Å². The van der Waals surface area contributed by atoms with Crippen LogP contribution in [0.25, 0.3) is 0 Å². The van der Waals surface area contributed by atoms with Gasteiger partial charge in [0, 0.05) is 20.8 Å². The van der Waals surface area contributed by atoms with Gasteiger partial charge >= 0.3 is 52.5 Å². The molecule has 1 rings (SSSR count). The van der Waals surface area contributed by atoms with Gasteiger partial charge < -0.3 is 0 Å². The molecule has 0 unspecified atom stereocenters. The van der Waals surface area contributed by atoms with E-state index in [2.05, 4.69) is 0 Å². The van der Waals surface area contributed by atoms with Gasteiger partial charge in [0.15, 0.2) is 0 Å². The van der Waals surface area contributed by atoms with Crippen LogP contribution in [0.2, 0.25) is 0 Å². The monoisotopic (exact) mass is 440 g/mol. The standard InChI is InChI=1S/C5H10.3C2H3N.F6P.Ru/c1-2-4-5-3-1;3*1-2-3;1-7(2,3,4,5)6;/h1-5H2;3*1H3;;/q;;;;-1;+1. The molecule has 0 bridgehead atoms. The van der Waals surface area contributed by atoms with Crippen molar-refractivity contribution in [3.8, 4) is 18.2 Å². The Morgan fingerprint density at radius 3 is 0.682 bits per heavy atom. The Morgan fingerprint density at radius 1 is 0.591 bits per heavy atom. The first-order valence-corrected chi connectivity index (χ1v) is 7.71. The first kappa shape index (κ1) is 32.9. The molecule has 0 aliphatic heterocycles. The third kappa shape index (κ3) is 372. The van der Waals surface area contributed by atoms with E-state index in [9.17, 15) is 25.2 Å². The maximum Gasteiger partial charge on any atom is 1.00 e. The Labute approximate surface area is 139 Å². The van der Waals surface area contributed by atoms with Gasteiger partial charge in [-0.15, -0.1) is 0 Å². The molecule has 0 N–H and O–H groups in total. The first-order valence-electron chi connectivity index (χ1n) is 5.69. The van der Waals surface area contributed by atoms with E-state index in [0.717, 1.165) is 0 Å². The van der Waals surface area contributed by atoms with Crippen molar-refractivity contribution in [1.82, 2.24) is 0 Å². The van der Waals surface area contributed by atoms with Crippen molar-refractivity contribution >= 4 is 7.81 Å². The van der Waals surface area contributed by atoms with Gasteiger partial charge in [0.25, 0.3) is 0 Å². The predicted octanol–water partition coefficient (Wildman–Crippen LogP) is 6.92. The zero-order chi connectivity index (χ0) is 18.1. The second-order valence-electron chi connectivity index (χ2n) is 3.40. The van der Waals surface area contributed by atoms with Crippen LogP contribution in [0.5, 0.6) is 0 Å². The molecule has 11 heteroatoms. The molecule has 1 aliphatic rings. The molecule has 1 aliphatic carbocycles. The third-order valence-electron chi connectivity index (χ3n) is 1.25. The summed E-state index contributed by atoms with van der Waals surface area (Å²) in [6.45, 7) is 4.29. The molecule has 0 aromatic carbocycles. The van der Waals surface area contributed by atoms with Crippen molar-refractivity contribution in [2.45, 2.75) is 52.9 Å². The summed E-state index contributed by atoms with van der Waals surface area (Å²) < 4.78 is 59.2. The molecular weight excluding hydrogens is 420 g/mol. The fraction of sp³-hybridized carbons (Fsp3) is 0.727. The Balaban J connectivity index is -0.0000000572. The summed E-state index contributed by atoms with van der Waals surface area (Å²) in [6.07, 6.45) is 7.50. The topological polar surface area (TPSA) is 71.4 Å². The molecule has 0 spiro atoms. The van der Waals surface area contributed by atoms with Gasteiger partial charge in [0.2, 0.25) is 0 Å². The van der Waals surface area contributed by atoms with Gasteiger partial charge in [0.1, 0.15) is 0 Å². The van der Waals surface area contributed by atoms with Gasteiger partial charge in [-0.3, -0.25) is 0 Å². The molecule has 133 valence electrons. The van der Waals surface area contributed by atoms with E-state index in [-0.39, 0.29) is 19.5 Å². The van der Waals surface area contributed by atoms with Crippen LogP contribution in [0.4, 0.5) is 25.2 Å². The summed E-state index contributed by atoms with van der Waals surface area (Å²) in [6, 6.07) is 5.25. The summed E-state index contributed by atoms with van der Waals surface area (Å²) in [5.41, 5.74) is 0. The summed E-state index contributed by atoms with van der Waals surface area (Å²) in [5, 5.41) is 22.0. The van der Waals surface area contributed by atoms with Crippen molar-refractivity contribution in [1.29, 1.82) is 15.8 Å². The average Bonchev–Trinajstić information content (AvgIpc) is 2.72. The maximum atomic E-state index is 9.87.